The van der Waals surface area contributed by atoms with Gasteiger partial charge in [-0.25, -0.2) is 4.39 Å². The average Bonchev–Trinajstić information content (AvgIpc) is 2.76. The summed E-state index contributed by atoms with van der Waals surface area (Å²) >= 11 is 0. The van der Waals surface area contributed by atoms with Gasteiger partial charge in [-0.3, -0.25) is 4.90 Å². The maximum absolute atomic E-state index is 13.3. The highest BCUT2D eigenvalue weighted by Crippen LogP contribution is 2.30. The molecule has 2 heterocycles. The molecule has 20 heavy (non-hydrogen) atoms. The lowest BCUT2D eigenvalue weighted by atomic mass is 10.1. The summed E-state index contributed by atoms with van der Waals surface area (Å²) in [5, 5.41) is 9.44. The van der Waals surface area contributed by atoms with Crippen LogP contribution in [0, 0.1) is 0 Å². The van der Waals surface area contributed by atoms with E-state index in [0.29, 0.717) is 19.7 Å². The second kappa shape index (κ2) is 5.42. The molecule has 2 aliphatic rings. The van der Waals surface area contributed by atoms with Crippen LogP contribution in [0.15, 0.2) is 23.8 Å². The molecule has 2 atom stereocenters. The Hall–Kier alpha value is -1.59. The van der Waals surface area contributed by atoms with Crippen LogP contribution in [0.3, 0.4) is 0 Å². The molecule has 0 radical (unpaired) electrons. The maximum Gasteiger partial charge on any atom is 0.140 e. The predicted molar refractivity (Wildman–Crippen MR) is 73.8 cm³/mol. The highest BCUT2D eigenvalue weighted by Gasteiger charge is 2.31. The van der Waals surface area contributed by atoms with Gasteiger partial charge in [0.25, 0.3) is 0 Å². The van der Waals surface area contributed by atoms with Crippen LogP contribution in [0.4, 0.5) is 4.39 Å². The van der Waals surface area contributed by atoms with Crippen molar-refractivity contribution in [2.75, 3.05) is 33.4 Å². The van der Waals surface area contributed by atoms with E-state index in [1.807, 2.05) is 23.1 Å². The Morgan fingerprint density at radius 3 is 3.00 bits per heavy atom. The fourth-order valence-electron chi connectivity index (χ4n) is 2.66. The summed E-state index contributed by atoms with van der Waals surface area (Å²) < 4.78 is 24.2. The van der Waals surface area contributed by atoms with E-state index in [2.05, 4.69) is 6.08 Å². The lowest BCUT2D eigenvalue weighted by Gasteiger charge is -2.22. The molecule has 5 heteroatoms. The highest BCUT2D eigenvalue weighted by molar-refractivity contribution is 5.64. The lowest BCUT2D eigenvalue weighted by Crippen LogP contribution is -2.27. The fourth-order valence-corrected chi connectivity index (χ4v) is 2.66. The van der Waals surface area contributed by atoms with Gasteiger partial charge in [-0.15, -0.1) is 0 Å². The quantitative estimate of drug-likeness (QED) is 0.910. The van der Waals surface area contributed by atoms with Gasteiger partial charge in [-0.2, -0.15) is 0 Å². The Balaban J connectivity index is 1.73. The van der Waals surface area contributed by atoms with Gasteiger partial charge in [0.05, 0.1) is 13.2 Å². The number of β-amino-alcohol motifs (C(OH)–C–C–N with tert-alkyl or cyclic N) is 1. The summed E-state index contributed by atoms with van der Waals surface area (Å²) in [6, 6.07) is 5.67. The number of hydrogen-bond donors (Lipinski definition) is 1. The standard InChI is InChI=1S/C15H18FNO3/c1-19-12-2-3-15-11(5-12)4-10(9-20-15)6-17-7-13(16)14(18)8-17/h2-5,13-14,18H,6-9H2,1H3/t13-,14-/m1/s1. The van der Waals surface area contributed by atoms with Crippen molar-refractivity contribution < 1.29 is 19.0 Å². The molecule has 1 saturated heterocycles. The predicted octanol–water partition coefficient (Wildman–Crippen LogP) is 1.49. The second-order valence-electron chi connectivity index (χ2n) is 5.27. The minimum absolute atomic E-state index is 0.281. The van der Waals surface area contributed by atoms with Gasteiger partial charge in [0, 0.05) is 25.2 Å². The van der Waals surface area contributed by atoms with E-state index < -0.39 is 12.3 Å². The Kier molecular flexibility index (Phi) is 3.63. The van der Waals surface area contributed by atoms with Crippen molar-refractivity contribution >= 4 is 6.08 Å². The van der Waals surface area contributed by atoms with Crippen molar-refractivity contribution in [1.29, 1.82) is 0 Å². The van der Waals surface area contributed by atoms with Gasteiger partial charge in [0.2, 0.25) is 0 Å². The molecule has 0 amide bonds. The van der Waals surface area contributed by atoms with Crippen molar-refractivity contribution in [3.63, 3.8) is 0 Å². The number of ether oxygens (including phenoxy) is 2. The Morgan fingerprint density at radius 2 is 2.30 bits per heavy atom. The number of alkyl halides is 1. The summed E-state index contributed by atoms with van der Waals surface area (Å²) in [5.41, 5.74) is 2.05. The van der Waals surface area contributed by atoms with E-state index in [-0.39, 0.29) is 6.54 Å². The van der Waals surface area contributed by atoms with Crippen LogP contribution in [0.5, 0.6) is 11.5 Å². The molecule has 0 aliphatic carbocycles. The minimum atomic E-state index is -1.15. The molecule has 2 aliphatic heterocycles. The van der Waals surface area contributed by atoms with Crippen molar-refractivity contribution in [3.05, 3.63) is 29.3 Å². The molecule has 0 saturated carbocycles. The molecule has 4 nitrogen and oxygen atoms in total. The number of rotatable bonds is 3. The highest BCUT2D eigenvalue weighted by atomic mass is 19.1. The largest absolute Gasteiger partial charge is 0.497 e. The van der Waals surface area contributed by atoms with Gasteiger partial charge in [-0.05, 0) is 29.8 Å². The smallest absolute Gasteiger partial charge is 0.140 e. The lowest BCUT2D eigenvalue weighted by molar-refractivity contribution is 0.116. The Bertz CT molecular complexity index is 522. The topological polar surface area (TPSA) is 41.9 Å². The molecule has 1 N–H and O–H groups in total. The molecule has 1 aromatic rings. The zero-order valence-electron chi connectivity index (χ0n) is 11.4. The number of aliphatic hydroxyl groups excluding tert-OH is 1. The Labute approximate surface area is 117 Å². The van der Waals surface area contributed by atoms with E-state index in [9.17, 15) is 9.50 Å². The van der Waals surface area contributed by atoms with Crippen molar-refractivity contribution in [2.45, 2.75) is 12.3 Å². The third-order valence-corrected chi connectivity index (χ3v) is 3.71. The molecule has 1 fully saturated rings. The third kappa shape index (κ3) is 2.64. The van der Waals surface area contributed by atoms with Crippen LogP contribution in [0.1, 0.15) is 5.56 Å². The number of methoxy groups -OCH3 is 1. The van der Waals surface area contributed by atoms with Crippen molar-refractivity contribution in [1.82, 2.24) is 4.90 Å². The van der Waals surface area contributed by atoms with Gasteiger partial charge < -0.3 is 14.6 Å². The van der Waals surface area contributed by atoms with Gasteiger partial charge in [0.15, 0.2) is 0 Å². The number of halogens is 1. The molecular formula is C15H18FNO3. The van der Waals surface area contributed by atoms with Crippen molar-refractivity contribution in [3.8, 4) is 11.5 Å². The van der Waals surface area contributed by atoms with Crippen LogP contribution in [0.2, 0.25) is 0 Å². The summed E-state index contributed by atoms with van der Waals surface area (Å²) in [7, 11) is 1.63. The monoisotopic (exact) mass is 279 g/mol. The summed E-state index contributed by atoms with van der Waals surface area (Å²) in [4.78, 5) is 1.91. The molecule has 108 valence electrons. The van der Waals surface area contributed by atoms with E-state index in [1.165, 1.54) is 0 Å². The van der Waals surface area contributed by atoms with Crippen LogP contribution < -0.4 is 9.47 Å². The molecule has 0 aromatic heterocycles. The van der Waals surface area contributed by atoms with Gasteiger partial charge >= 0.3 is 0 Å². The number of aliphatic hydroxyl groups is 1. The normalized spacial score (nSPS) is 25.9. The van der Waals surface area contributed by atoms with E-state index >= 15 is 0 Å². The van der Waals surface area contributed by atoms with Crippen LogP contribution >= 0.6 is 0 Å². The number of benzene rings is 1. The zero-order chi connectivity index (χ0) is 14.1. The van der Waals surface area contributed by atoms with E-state index in [4.69, 9.17) is 9.47 Å². The van der Waals surface area contributed by atoms with Gasteiger partial charge in [-0.1, -0.05) is 0 Å². The molecular weight excluding hydrogens is 261 g/mol. The van der Waals surface area contributed by atoms with E-state index in [0.717, 1.165) is 22.6 Å². The summed E-state index contributed by atoms with van der Waals surface area (Å²) in [6.45, 7) is 1.78. The van der Waals surface area contributed by atoms with E-state index in [1.54, 1.807) is 7.11 Å². The SMILES string of the molecule is COc1ccc2c(c1)C=C(CN1C[C@@H](O)[C@H](F)C1)CO2. The van der Waals surface area contributed by atoms with Gasteiger partial charge in [0.1, 0.15) is 24.3 Å². The minimum Gasteiger partial charge on any atom is -0.497 e. The first-order valence-corrected chi connectivity index (χ1v) is 6.70. The van der Waals surface area contributed by atoms with Crippen LogP contribution in [0.25, 0.3) is 6.08 Å². The first-order valence-electron chi connectivity index (χ1n) is 6.70. The third-order valence-electron chi connectivity index (χ3n) is 3.71. The summed E-state index contributed by atoms with van der Waals surface area (Å²) in [5.74, 6) is 1.62. The Morgan fingerprint density at radius 1 is 1.45 bits per heavy atom. The molecule has 3 rings (SSSR count). The number of fused-ring (bicyclic) bond motifs is 1. The van der Waals surface area contributed by atoms with Crippen molar-refractivity contribution in [2.24, 2.45) is 0 Å². The number of hydrogen-bond acceptors (Lipinski definition) is 4. The fraction of sp³-hybridized carbons (Fsp3) is 0.467. The summed E-state index contributed by atoms with van der Waals surface area (Å²) in [6.07, 6.45) is 0.0409. The average molecular weight is 279 g/mol. The van der Waals surface area contributed by atoms with Crippen LogP contribution in [-0.4, -0.2) is 55.6 Å². The number of likely N-dealkylation sites (tertiary alicyclic amines) is 1. The number of nitrogens with zero attached hydrogens (tertiary/aromatic N) is 1. The first-order chi connectivity index (χ1) is 9.65. The first kappa shape index (κ1) is 13.4. The molecule has 0 bridgehead atoms. The zero-order valence-corrected chi connectivity index (χ0v) is 11.4. The molecule has 0 unspecified atom stereocenters. The molecule has 0 spiro atoms. The maximum atomic E-state index is 13.3. The second-order valence-corrected chi connectivity index (χ2v) is 5.27. The van der Waals surface area contributed by atoms with Crippen LogP contribution in [-0.2, 0) is 0 Å². The molecule has 1 aromatic carbocycles.